The molecule has 4 rings (SSSR count). The van der Waals surface area contributed by atoms with Crippen LogP contribution in [-0.4, -0.2) is 15.1 Å². The van der Waals surface area contributed by atoms with Gasteiger partial charge in [0.05, 0.1) is 11.1 Å². The van der Waals surface area contributed by atoms with Gasteiger partial charge in [0.25, 0.3) is 0 Å². The molecule has 0 spiro atoms. The number of thioether (sulfide) groups is 1. The summed E-state index contributed by atoms with van der Waals surface area (Å²) in [7, 11) is 0. The molecule has 0 aliphatic heterocycles. The molecule has 118 valence electrons. The summed E-state index contributed by atoms with van der Waals surface area (Å²) in [5.41, 5.74) is 7.61. The van der Waals surface area contributed by atoms with Crippen LogP contribution in [-0.2, 0) is 18.6 Å². The van der Waals surface area contributed by atoms with Crippen molar-refractivity contribution in [2.45, 2.75) is 36.3 Å². The average Bonchev–Trinajstić information content (AvgIpc) is 2.93. The van der Waals surface area contributed by atoms with Crippen LogP contribution in [0.3, 0.4) is 0 Å². The number of aromatic nitrogens is 2. The monoisotopic (exact) mass is 343 g/mol. The fourth-order valence-electron chi connectivity index (χ4n) is 2.99. The van der Waals surface area contributed by atoms with Gasteiger partial charge in [0.15, 0.2) is 0 Å². The van der Waals surface area contributed by atoms with E-state index in [9.17, 15) is 5.11 Å². The smallest absolute Gasteiger partial charge is 0.142 e. The van der Waals surface area contributed by atoms with E-state index in [-0.39, 0.29) is 5.75 Å². The summed E-state index contributed by atoms with van der Waals surface area (Å²) >= 11 is 3.43. The lowest BCUT2D eigenvalue weighted by molar-refractivity contribution is 0.475. The quantitative estimate of drug-likeness (QED) is 0.699. The molecule has 0 bridgehead atoms. The first kappa shape index (κ1) is 14.8. The first-order chi connectivity index (χ1) is 11.2. The lowest BCUT2D eigenvalue weighted by atomic mass is 9.97. The molecular weight excluding hydrogens is 326 g/mol. The molecule has 0 atom stereocenters. The van der Waals surface area contributed by atoms with Gasteiger partial charge in [-0.05, 0) is 55.5 Å². The molecule has 0 fully saturated rings. The number of fused-ring (bicyclic) bond motifs is 3. The first-order valence-corrected chi connectivity index (χ1v) is 9.49. The van der Waals surface area contributed by atoms with Gasteiger partial charge in [-0.1, -0.05) is 0 Å². The highest BCUT2D eigenvalue weighted by Gasteiger charge is 2.20. The number of aromatic hydroxyl groups is 1. The van der Waals surface area contributed by atoms with E-state index in [1.54, 1.807) is 35.2 Å². The molecule has 0 saturated carbocycles. The SMILES string of the molecule is Nc1nc(CSc2ccc(O)cc2)nc2sc3c(c12)CCCC3. The summed E-state index contributed by atoms with van der Waals surface area (Å²) in [5.74, 6) is 2.34. The van der Waals surface area contributed by atoms with Crippen LogP contribution in [0.15, 0.2) is 29.2 Å². The van der Waals surface area contributed by atoms with E-state index in [0.29, 0.717) is 11.6 Å². The molecular formula is C17H17N3OS2. The fraction of sp³-hybridized carbons (Fsp3) is 0.294. The first-order valence-electron chi connectivity index (χ1n) is 7.69. The normalized spacial score (nSPS) is 14.1. The van der Waals surface area contributed by atoms with Crippen molar-refractivity contribution >= 4 is 39.1 Å². The number of benzene rings is 1. The fourth-order valence-corrected chi connectivity index (χ4v) is 5.03. The Morgan fingerprint density at radius 1 is 1.13 bits per heavy atom. The lowest BCUT2D eigenvalue weighted by Crippen LogP contribution is -2.02. The topological polar surface area (TPSA) is 72.0 Å². The predicted octanol–water partition coefficient (Wildman–Crippen LogP) is 4.15. The van der Waals surface area contributed by atoms with Crippen molar-refractivity contribution < 1.29 is 5.11 Å². The number of nitrogens with two attached hydrogens (primary N) is 1. The average molecular weight is 343 g/mol. The van der Waals surface area contributed by atoms with E-state index in [0.717, 1.165) is 33.8 Å². The molecule has 3 aromatic rings. The van der Waals surface area contributed by atoms with Crippen molar-refractivity contribution in [3.8, 4) is 5.75 Å². The van der Waals surface area contributed by atoms with Crippen LogP contribution in [0.2, 0.25) is 0 Å². The molecule has 4 nitrogen and oxygen atoms in total. The molecule has 6 heteroatoms. The van der Waals surface area contributed by atoms with Crippen LogP contribution in [0.4, 0.5) is 5.82 Å². The Kier molecular flexibility index (Phi) is 3.87. The van der Waals surface area contributed by atoms with Gasteiger partial charge in [-0.25, -0.2) is 9.97 Å². The maximum atomic E-state index is 9.33. The van der Waals surface area contributed by atoms with E-state index in [2.05, 4.69) is 4.98 Å². The third kappa shape index (κ3) is 2.88. The number of thiophene rings is 1. The van der Waals surface area contributed by atoms with Gasteiger partial charge in [0.2, 0.25) is 0 Å². The zero-order valence-electron chi connectivity index (χ0n) is 12.6. The summed E-state index contributed by atoms with van der Waals surface area (Å²) in [5, 5.41) is 10.4. The summed E-state index contributed by atoms with van der Waals surface area (Å²) in [6.45, 7) is 0. The largest absolute Gasteiger partial charge is 0.508 e. The summed E-state index contributed by atoms with van der Waals surface area (Å²) < 4.78 is 0. The Labute approximate surface area is 142 Å². The number of hydrogen-bond acceptors (Lipinski definition) is 6. The van der Waals surface area contributed by atoms with Crippen LogP contribution < -0.4 is 5.73 Å². The molecule has 0 saturated heterocycles. The predicted molar refractivity (Wildman–Crippen MR) is 96.1 cm³/mol. The zero-order valence-corrected chi connectivity index (χ0v) is 14.2. The van der Waals surface area contributed by atoms with Crippen LogP contribution in [0.5, 0.6) is 5.75 Å². The van der Waals surface area contributed by atoms with Crippen LogP contribution >= 0.6 is 23.1 Å². The van der Waals surface area contributed by atoms with Gasteiger partial charge in [0, 0.05) is 9.77 Å². The minimum atomic E-state index is 0.278. The second kappa shape index (κ2) is 6.02. The highest BCUT2D eigenvalue weighted by Crippen LogP contribution is 2.38. The van der Waals surface area contributed by atoms with Crippen molar-refractivity contribution in [2.75, 3.05) is 5.73 Å². The molecule has 1 aliphatic carbocycles. The molecule has 1 aliphatic rings. The van der Waals surface area contributed by atoms with Crippen molar-refractivity contribution in [1.82, 2.24) is 9.97 Å². The minimum Gasteiger partial charge on any atom is -0.508 e. The van der Waals surface area contributed by atoms with Gasteiger partial charge >= 0.3 is 0 Å². The third-order valence-electron chi connectivity index (χ3n) is 4.09. The lowest BCUT2D eigenvalue weighted by Gasteiger charge is -2.10. The summed E-state index contributed by atoms with van der Waals surface area (Å²) in [6.07, 6.45) is 4.74. The van der Waals surface area contributed by atoms with E-state index in [1.807, 2.05) is 12.1 Å². The maximum absolute atomic E-state index is 9.33. The number of nitrogen functional groups attached to an aromatic ring is 1. The standard InChI is InChI=1S/C17H17N3OS2/c18-16-15-12-3-1-2-4-13(12)23-17(15)20-14(19-16)9-22-11-7-5-10(21)6-8-11/h5-8,21H,1-4,9H2,(H2,18,19,20). The van der Waals surface area contributed by atoms with Crippen molar-refractivity contribution in [2.24, 2.45) is 0 Å². The van der Waals surface area contributed by atoms with Gasteiger partial charge < -0.3 is 10.8 Å². The van der Waals surface area contributed by atoms with Gasteiger partial charge in [-0.2, -0.15) is 0 Å². The van der Waals surface area contributed by atoms with Crippen molar-refractivity contribution in [3.05, 3.63) is 40.5 Å². The number of hydrogen-bond donors (Lipinski definition) is 2. The van der Waals surface area contributed by atoms with Crippen LogP contribution in [0, 0.1) is 0 Å². The van der Waals surface area contributed by atoms with E-state index >= 15 is 0 Å². The Hall–Kier alpha value is -1.79. The number of phenolic OH excluding ortho intramolecular Hbond substituents is 1. The summed E-state index contributed by atoms with van der Waals surface area (Å²) in [4.78, 5) is 12.8. The van der Waals surface area contributed by atoms with Crippen LogP contribution in [0.25, 0.3) is 10.2 Å². The number of aryl methyl sites for hydroxylation is 2. The van der Waals surface area contributed by atoms with Gasteiger partial charge in [-0.3, -0.25) is 0 Å². The number of nitrogens with zero attached hydrogens (tertiary/aromatic N) is 2. The van der Waals surface area contributed by atoms with E-state index in [4.69, 9.17) is 10.7 Å². The number of anilines is 1. The molecule has 3 N–H and O–H groups in total. The molecule has 0 radical (unpaired) electrons. The molecule has 2 aromatic heterocycles. The van der Waals surface area contributed by atoms with Crippen molar-refractivity contribution in [1.29, 1.82) is 0 Å². The molecule has 0 amide bonds. The molecule has 23 heavy (non-hydrogen) atoms. The molecule has 1 aromatic carbocycles. The number of phenols is 1. The maximum Gasteiger partial charge on any atom is 0.142 e. The second-order valence-electron chi connectivity index (χ2n) is 5.70. The van der Waals surface area contributed by atoms with E-state index in [1.165, 1.54) is 23.3 Å². The Morgan fingerprint density at radius 3 is 2.74 bits per heavy atom. The number of rotatable bonds is 3. The summed E-state index contributed by atoms with van der Waals surface area (Å²) in [6, 6.07) is 7.17. The van der Waals surface area contributed by atoms with Crippen molar-refractivity contribution in [3.63, 3.8) is 0 Å². The molecule has 0 unspecified atom stereocenters. The minimum absolute atomic E-state index is 0.278. The Bertz CT molecular complexity index is 858. The highest BCUT2D eigenvalue weighted by atomic mass is 32.2. The van der Waals surface area contributed by atoms with E-state index < -0.39 is 0 Å². The third-order valence-corrected chi connectivity index (χ3v) is 6.29. The Morgan fingerprint density at radius 2 is 1.91 bits per heavy atom. The molecule has 2 heterocycles. The van der Waals surface area contributed by atoms with Crippen LogP contribution in [0.1, 0.15) is 29.1 Å². The Balaban J connectivity index is 1.62. The zero-order chi connectivity index (χ0) is 15.8. The highest BCUT2D eigenvalue weighted by molar-refractivity contribution is 7.98. The second-order valence-corrected chi connectivity index (χ2v) is 7.83. The van der Waals surface area contributed by atoms with Gasteiger partial charge in [-0.15, -0.1) is 23.1 Å². The van der Waals surface area contributed by atoms with Gasteiger partial charge in [0.1, 0.15) is 22.2 Å².